The van der Waals surface area contributed by atoms with Crippen molar-refractivity contribution in [3.05, 3.63) is 51.0 Å². The fourth-order valence-corrected chi connectivity index (χ4v) is 2.28. The van der Waals surface area contributed by atoms with Crippen molar-refractivity contribution in [3.63, 3.8) is 0 Å². The van der Waals surface area contributed by atoms with Gasteiger partial charge in [0.15, 0.2) is 11.5 Å². The molecule has 0 aliphatic heterocycles. The predicted octanol–water partition coefficient (Wildman–Crippen LogP) is 4.88. The number of halogens is 2. The zero-order valence-corrected chi connectivity index (χ0v) is 13.4. The van der Waals surface area contributed by atoms with Crippen molar-refractivity contribution in [2.45, 2.75) is 6.92 Å². The van der Waals surface area contributed by atoms with Crippen LogP contribution in [0, 0.1) is 6.92 Å². The lowest BCUT2D eigenvalue weighted by molar-refractivity contribution is 0.373. The van der Waals surface area contributed by atoms with E-state index < -0.39 is 0 Å². The molecular formula is C15H13BrClNO2. The Kier molecular flexibility index (Phi) is 4.68. The van der Waals surface area contributed by atoms with Crippen LogP contribution >= 0.6 is 27.5 Å². The highest BCUT2D eigenvalue weighted by Gasteiger charge is 2.08. The lowest BCUT2D eigenvalue weighted by Crippen LogP contribution is -1.89. The quantitative estimate of drug-likeness (QED) is 0.799. The van der Waals surface area contributed by atoms with E-state index in [2.05, 4.69) is 20.9 Å². The smallest absolute Gasteiger partial charge is 0.166 e. The van der Waals surface area contributed by atoms with E-state index in [1.165, 1.54) is 7.11 Å². The third-order valence-corrected chi connectivity index (χ3v) is 3.66. The first kappa shape index (κ1) is 14.9. The predicted molar refractivity (Wildman–Crippen MR) is 85.8 cm³/mol. The highest BCUT2D eigenvalue weighted by atomic mass is 79.9. The van der Waals surface area contributed by atoms with E-state index in [4.69, 9.17) is 16.3 Å². The summed E-state index contributed by atoms with van der Waals surface area (Å²) in [6.07, 6.45) is 1.57. The highest BCUT2D eigenvalue weighted by Crippen LogP contribution is 2.33. The van der Waals surface area contributed by atoms with Gasteiger partial charge in [-0.05, 0) is 36.8 Å². The van der Waals surface area contributed by atoms with Crippen LogP contribution in [-0.4, -0.2) is 18.4 Å². The molecule has 0 saturated carbocycles. The van der Waals surface area contributed by atoms with Crippen molar-refractivity contribution in [3.8, 4) is 11.5 Å². The summed E-state index contributed by atoms with van der Waals surface area (Å²) in [6, 6.07) is 8.99. The summed E-state index contributed by atoms with van der Waals surface area (Å²) in [5.74, 6) is 0.445. The second kappa shape index (κ2) is 6.29. The molecule has 20 heavy (non-hydrogen) atoms. The Balaban J connectivity index is 2.36. The standard InChI is InChI=1S/C15H13BrClNO2/c1-9-3-4-12(7-13(9)17)18-8-10-5-11(16)6-14(20-2)15(10)19/h3-8,19H,1-2H3. The van der Waals surface area contributed by atoms with Crippen LogP contribution in [0.2, 0.25) is 5.02 Å². The van der Waals surface area contributed by atoms with E-state index in [0.29, 0.717) is 16.3 Å². The monoisotopic (exact) mass is 353 g/mol. The molecule has 0 radical (unpaired) electrons. The van der Waals surface area contributed by atoms with Crippen molar-refractivity contribution in [2.75, 3.05) is 7.11 Å². The number of rotatable bonds is 3. The molecule has 0 aliphatic carbocycles. The molecule has 0 heterocycles. The van der Waals surface area contributed by atoms with Crippen LogP contribution in [0.1, 0.15) is 11.1 Å². The molecular weight excluding hydrogens is 342 g/mol. The van der Waals surface area contributed by atoms with Crippen molar-refractivity contribution in [1.82, 2.24) is 0 Å². The molecule has 0 atom stereocenters. The van der Waals surface area contributed by atoms with Gasteiger partial charge in [0.2, 0.25) is 0 Å². The maximum atomic E-state index is 10.0. The molecule has 5 heteroatoms. The zero-order valence-electron chi connectivity index (χ0n) is 11.0. The Morgan fingerprint density at radius 1 is 1.30 bits per heavy atom. The van der Waals surface area contributed by atoms with Gasteiger partial charge in [-0.15, -0.1) is 0 Å². The van der Waals surface area contributed by atoms with E-state index in [1.807, 2.05) is 19.1 Å². The van der Waals surface area contributed by atoms with Crippen LogP contribution in [0.15, 0.2) is 39.8 Å². The molecule has 2 rings (SSSR count). The first-order valence-electron chi connectivity index (χ1n) is 5.88. The number of aromatic hydroxyl groups is 1. The molecule has 0 amide bonds. The molecule has 104 valence electrons. The summed E-state index contributed by atoms with van der Waals surface area (Å²) in [5.41, 5.74) is 2.28. The minimum Gasteiger partial charge on any atom is -0.504 e. The van der Waals surface area contributed by atoms with Crippen molar-refractivity contribution >= 4 is 39.4 Å². The molecule has 0 spiro atoms. The first-order chi connectivity index (χ1) is 9.51. The van der Waals surface area contributed by atoms with Gasteiger partial charge in [-0.2, -0.15) is 0 Å². The lowest BCUT2D eigenvalue weighted by Gasteiger charge is -2.06. The number of aryl methyl sites for hydroxylation is 1. The van der Waals surface area contributed by atoms with Gasteiger partial charge in [0.1, 0.15) is 0 Å². The molecule has 2 aromatic rings. The van der Waals surface area contributed by atoms with Crippen LogP contribution in [0.5, 0.6) is 11.5 Å². The van der Waals surface area contributed by atoms with Crippen molar-refractivity contribution in [1.29, 1.82) is 0 Å². The Hall–Kier alpha value is -1.52. The van der Waals surface area contributed by atoms with Crippen LogP contribution in [-0.2, 0) is 0 Å². The Morgan fingerprint density at radius 2 is 2.05 bits per heavy atom. The Morgan fingerprint density at radius 3 is 2.70 bits per heavy atom. The van der Waals surface area contributed by atoms with Crippen LogP contribution in [0.4, 0.5) is 5.69 Å². The number of nitrogens with zero attached hydrogens (tertiary/aromatic N) is 1. The molecule has 3 nitrogen and oxygen atoms in total. The summed E-state index contributed by atoms with van der Waals surface area (Å²) in [4.78, 5) is 4.31. The van der Waals surface area contributed by atoms with E-state index in [1.54, 1.807) is 24.4 Å². The minimum absolute atomic E-state index is 0.0534. The number of aliphatic imine (C=N–C) groups is 1. The van der Waals surface area contributed by atoms with Gasteiger partial charge in [0, 0.05) is 21.3 Å². The molecule has 0 saturated heterocycles. The number of benzene rings is 2. The molecule has 2 aromatic carbocycles. The third kappa shape index (κ3) is 3.32. The summed E-state index contributed by atoms with van der Waals surface area (Å²) in [5, 5.41) is 10.7. The summed E-state index contributed by atoms with van der Waals surface area (Å²) in [6.45, 7) is 1.93. The fourth-order valence-electron chi connectivity index (χ4n) is 1.65. The second-order valence-corrected chi connectivity index (χ2v) is 5.56. The number of phenols is 1. The van der Waals surface area contributed by atoms with Gasteiger partial charge < -0.3 is 9.84 Å². The molecule has 0 aromatic heterocycles. The summed E-state index contributed by atoms with van der Waals surface area (Å²) >= 11 is 9.41. The normalized spacial score (nSPS) is 11.0. The van der Waals surface area contributed by atoms with Gasteiger partial charge >= 0.3 is 0 Å². The topological polar surface area (TPSA) is 41.8 Å². The largest absolute Gasteiger partial charge is 0.504 e. The second-order valence-electron chi connectivity index (χ2n) is 4.24. The molecule has 1 N–H and O–H groups in total. The summed E-state index contributed by atoms with van der Waals surface area (Å²) < 4.78 is 5.89. The average molecular weight is 355 g/mol. The number of ether oxygens (including phenoxy) is 1. The van der Waals surface area contributed by atoms with Gasteiger partial charge in [-0.3, -0.25) is 4.99 Å². The highest BCUT2D eigenvalue weighted by molar-refractivity contribution is 9.10. The average Bonchev–Trinajstić information content (AvgIpc) is 2.43. The van der Waals surface area contributed by atoms with Crippen molar-refractivity contribution in [2.24, 2.45) is 4.99 Å². The first-order valence-corrected chi connectivity index (χ1v) is 7.05. The summed E-state index contributed by atoms with van der Waals surface area (Å²) in [7, 11) is 1.50. The van der Waals surface area contributed by atoms with Gasteiger partial charge in [0.05, 0.1) is 12.8 Å². The van der Waals surface area contributed by atoms with Gasteiger partial charge in [0.25, 0.3) is 0 Å². The zero-order chi connectivity index (χ0) is 14.7. The third-order valence-electron chi connectivity index (χ3n) is 2.80. The van der Waals surface area contributed by atoms with Crippen molar-refractivity contribution < 1.29 is 9.84 Å². The molecule has 0 aliphatic rings. The van der Waals surface area contributed by atoms with Gasteiger partial charge in [-0.25, -0.2) is 0 Å². The number of hydrogen-bond acceptors (Lipinski definition) is 3. The molecule has 0 bridgehead atoms. The van der Waals surface area contributed by atoms with E-state index in [-0.39, 0.29) is 5.75 Å². The van der Waals surface area contributed by atoms with Gasteiger partial charge in [-0.1, -0.05) is 33.6 Å². The Labute approximate surface area is 131 Å². The van der Waals surface area contributed by atoms with Crippen LogP contribution in [0.25, 0.3) is 0 Å². The Bertz CT molecular complexity index is 671. The number of hydrogen-bond donors (Lipinski definition) is 1. The maximum Gasteiger partial charge on any atom is 0.166 e. The molecule has 0 fully saturated rings. The lowest BCUT2D eigenvalue weighted by atomic mass is 10.2. The van der Waals surface area contributed by atoms with Crippen LogP contribution in [0.3, 0.4) is 0 Å². The van der Waals surface area contributed by atoms with E-state index in [9.17, 15) is 5.11 Å². The SMILES string of the molecule is COc1cc(Br)cc(C=Nc2ccc(C)c(Cl)c2)c1O. The van der Waals surface area contributed by atoms with Crippen LogP contribution < -0.4 is 4.74 Å². The minimum atomic E-state index is 0.0534. The number of phenolic OH excluding ortho intramolecular Hbond substituents is 1. The number of methoxy groups -OCH3 is 1. The van der Waals surface area contributed by atoms with E-state index in [0.717, 1.165) is 15.7 Å². The maximum absolute atomic E-state index is 10.0. The van der Waals surface area contributed by atoms with E-state index >= 15 is 0 Å². The molecule has 0 unspecified atom stereocenters. The fraction of sp³-hybridized carbons (Fsp3) is 0.133.